The van der Waals surface area contributed by atoms with E-state index in [1.54, 1.807) is 6.20 Å². The van der Waals surface area contributed by atoms with E-state index in [-0.39, 0.29) is 5.69 Å². The predicted molar refractivity (Wildman–Crippen MR) is 63.4 cm³/mol. The summed E-state index contributed by atoms with van der Waals surface area (Å²) in [6, 6.07) is 0. The average molecular weight is 249 g/mol. The second-order valence-electron chi connectivity index (χ2n) is 4.26. The molecular weight excluding hydrogens is 238 g/mol. The first-order valence-electron chi connectivity index (χ1n) is 5.61. The van der Waals surface area contributed by atoms with Crippen molar-refractivity contribution in [2.24, 2.45) is 0 Å². The first kappa shape index (κ1) is 10.6. The van der Waals surface area contributed by atoms with Crippen molar-refractivity contribution in [2.45, 2.75) is 31.6 Å². The molecule has 2 aromatic heterocycles. The molecular formula is C11H11N3O2S. The van der Waals surface area contributed by atoms with E-state index in [1.165, 1.54) is 12.8 Å². The number of hydrogen-bond acceptors (Lipinski definition) is 5. The van der Waals surface area contributed by atoms with Crippen molar-refractivity contribution in [1.29, 1.82) is 0 Å². The molecule has 0 bridgehead atoms. The molecule has 0 amide bonds. The summed E-state index contributed by atoms with van der Waals surface area (Å²) in [7, 11) is 0. The fourth-order valence-electron chi connectivity index (χ4n) is 2.28. The maximum absolute atomic E-state index is 11.0. The van der Waals surface area contributed by atoms with E-state index in [1.807, 2.05) is 0 Å². The zero-order valence-electron chi connectivity index (χ0n) is 9.09. The number of carbonyl (C=O) groups is 1. The number of carboxylic acid groups (broad SMARTS) is 1. The smallest absolute Gasteiger partial charge is 0.357 e. The third-order valence-electron chi connectivity index (χ3n) is 3.16. The molecule has 6 heteroatoms. The fraction of sp³-hybridized carbons (Fsp3) is 0.455. The summed E-state index contributed by atoms with van der Waals surface area (Å²) in [5.41, 5.74) is 0.533. The Morgan fingerprint density at radius 2 is 2.18 bits per heavy atom. The summed E-state index contributed by atoms with van der Waals surface area (Å²) < 4.78 is 4.64. The predicted octanol–water partition coefficient (Wildman–Crippen LogP) is 2.44. The van der Waals surface area contributed by atoms with Gasteiger partial charge in [0.2, 0.25) is 0 Å². The van der Waals surface area contributed by atoms with Gasteiger partial charge in [-0.3, -0.25) is 0 Å². The zero-order chi connectivity index (χ0) is 11.8. The van der Waals surface area contributed by atoms with Gasteiger partial charge in [-0.2, -0.15) is 4.37 Å². The highest BCUT2D eigenvalue weighted by molar-refractivity contribution is 7.13. The van der Waals surface area contributed by atoms with Crippen LogP contribution in [-0.4, -0.2) is 25.4 Å². The van der Waals surface area contributed by atoms with Crippen LogP contribution in [0.3, 0.4) is 0 Å². The minimum Gasteiger partial charge on any atom is -0.476 e. The van der Waals surface area contributed by atoms with Crippen LogP contribution >= 0.6 is 11.5 Å². The van der Waals surface area contributed by atoms with Crippen molar-refractivity contribution in [3.63, 3.8) is 0 Å². The van der Waals surface area contributed by atoms with Gasteiger partial charge in [0.15, 0.2) is 5.69 Å². The largest absolute Gasteiger partial charge is 0.476 e. The van der Waals surface area contributed by atoms with E-state index >= 15 is 0 Å². The van der Waals surface area contributed by atoms with E-state index in [0.717, 1.165) is 34.9 Å². The lowest BCUT2D eigenvalue weighted by Crippen LogP contribution is -2.02. The van der Waals surface area contributed by atoms with Crippen LogP contribution in [0.4, 0.5) is 0 Å². The lowest BCUT2D eigenvalue weighted by atomic mass is 10.1. The molecule has 1 N–H and O–H groups in total. The van der Waals surface area contributed by atoms with E-state index in [4.69, 9.17) is 5.11 Å². The van der Waals surface area contributed by atoms with Crippen molar-refractivity contribution in [3.05, 3.63) is 17.7 Å². The molecule has 2 heterocycles. The molecule has 3 rings (SSSR count). The zero-order valence-corrected chi connectivity index (χ0v) is 9.90. The third kappa shape index (κ3) is 1.78. The van der Waals surface area contributed by atoms with E-state index in [9.17, 15) is 4.79 Å². The van der Waals surface area contributed by atoms with E-state index in [2.05, 4.69) is 14.3 Å². The molecule has 0 aromatic carbocycles. The van der Waals surface area contributed by atoms with Gasteiger partial charge in [0.05, 0.1) is 10.9 Å². The van der Waals surface area contributed by atoms with Gasteiger partial charge in [0.1, 0.15) is 11.3 Å². The Bertz CT molecular complexity index is 575. The second-order valence-corrected chi connectivity index (χ2v) is 5.06. The molecule has 2 aromatic rings. The Kier molecular flexibility index (Phi) is 2.51. The van der Waals surface area contributed by atoms with Gasteiger partial charge < -0.3 is 5.11 Å². The van der Waals surface area contributed by atoms with Crippen LogP contribution < -0.4 is 0 Å². The fourth-order valence-corrected chi connectivity index (χ4v) is 2.96. The molecule has 1 fully saturated rings. The highest BCUT2D eigenvalue weighted by atomic mass is 32.1. The Morgan fingerprint density at radius 1 is 1.41 bits per heavy atom. The SMILES string of the molecule is O=C(O)c1nsc2cnc(C3CCCC3)nc12. The van der Waals surface area contributed by atoms with E-state index < -0.39 is 5.97 Å². The normalized spacial score (nSPS) is 16.7. The Hall–Kier alpha value is -1.56. The number of nitrogens with zero attached hydrogens (tertiary/aromatic N) is 3. The molecule has 1 aliphatic carbocycles. The molecule has 0 atom stereocenters. The molecule has 0 aliphatic heterocycles. The summed E-state index contributed by atoms with van der Waals surface area (Å²) in [6.07, 6.45) is 6.32. The minimum atomic E-state index is -1.02. The first-order valence-corrected chi connectivity index (χ1v) is 6.38. The highest BCUT2D eigenvalue weighted by Gasteiger charge is 2.22. The van der Waals surface area contributed by atoms with Crippen molar-refractivity contribution in [2.75, 3.05) is 0 Å². The van der Waals surface area contributed by atoms with E-state index in [0.29, 0.717) is 11.4 Å². The van der Waals surface area contributed by atoms with Gasteiger partial charge in [-0.25, -0.2) is 14.8 Å². The van der Waals surface area contributed by atoms with Crippen LogP contribution in [0, 0.1) is 0 Å². The van der Waals surface area contributed by atoms with Gasteiger partial charge in [-0.15, -0.1) is 0 Å². The van der Waals surface area contributed by atoms with Gasteiger partial charge in [0.25, 0.3) is 0 Å². The van der Waals surface area contributed by atoms with Gasteiger partial charge in [0, 0.05) is 5.92 Å². The summed E-state index contributed by atoms with van der Waals surface area (Å²) >= 11 is 1.14. The lowest BCUT2D eigenvalue weighted by Gasteiger charge is -2.06. The average Bonchev–Trinajstić information content (AvgIpc) is 2.97. The number of aromatic carboxylic acids is 1. The van der Waals surface area contributed by atoms with Crippen LogP contribution in [0.15, 0.2) is 6.20 Å². The molecule has 0 spiro atoms. The highest BCUT2D eigenvalue weighted by Crippen LogP contribution is 2.33. The van der Waals surface area contributed by atoms with Crippen molar-refractivity contribution >= 4 is 27.7 Å². The molecule has 1 saturated carbocycles. The number of fused-ring (bicyclic) bond motifs is 1. The van der Waals surface area contributed by atoms with Crippen LogP contribution in [0.1, 0.15) is 47.9 Å². The minimum absolute atomic E-state index is 0.0478. The number of carboxylic acids is 1. The summed E-state index contributed by atoms with van der Waals surface area (Å²) in [6.45, 7) is 0. The summed E-state index contributed by atoms with van der Waals surface area (Å²) in [4.78, 5) is 19.7. The molecule has 88 valence electrons. The first-order chi connectivity index (χ1) is 8.25. The quantitative estimate of drug-likeness (QED) is 0.884. The molecule has 0 unspecified atom stereocenters. The molecule has 0 saturated heterocycles. The van der Waals surface area contributed by atoms with Crippen LogP contribution in [0.5, 0.6) is 0 Å². The van der Waals surface area contributed by atoms with Gasteiger partial charge in [-0.05, 0) is 24.4 Å². The monoisotopic (exact) mass is 249 g/mol. The number of aromatic nitrogens is 3. The Labute approximate surface area is 102 Å². The second kappa shape index (κ2) is 4.03. The maximum Gasteiger partial charge on any atom is 0.357 e. The molecule has 0 radical (unpaired) electrons. The third-order valence-corrected chi connectivity index (χ3v) is 3.93. The standard InChI is InChI=1S/C11H11N3O2S/c15-11(16)9-8-7(17-14-9)5-12-10(13-8)6-3-1-2-4-6/h5-6H,1-4H2,(H,15,16). The van der Waals surface area contributed by atoms with Crippen molar-refractivity contribution in [1.82, 2.24) is 14.3 Å². The van der Waals surface area contributed by atoms with Crippen LogP contribution in [-0.2, 0) is 0 Å². The van der Waals surface area contributed by atoms with Crippen LogP contribution in [0.2, 0.25) is 0 Å². The molecule has 5 nitrogen and oxygen atoms in total. The van der Waals surface area contributed by atoms with Crippen molar-refractivity contribution in [3.8, 4) is 0 Å². The Balaban J connectivity index is 2.09. The van der Waals surface area contributed by atoms with Crippen molar-refractivity contribution < 1.29 is 9.90 Å². The van der Waals surface area contributed by atoms with Crippen LogP contribution in [0.25, 0.3) is 10.2 Å². The molecule has 17 heavy (non-hydrogen) atoms. The van der Waals surface area contributed by atoms with Gasteiger partial charge in [-0.1, -0.05) is 12.8 Å². The summed E-state index contributed by atoms with van der Waals surface area (Å²) in [5.74, 6) is 0.144. The number of hydrogen-bond donors (Lipinski definition) is 1. The topological polar surface area (TPSA) is 76.0 Å². The lowest BCUT2D eigenvalue weighted by molar-refractivity contribution is 0.0694. The van der Waals surface area contributed by atoms with Gasteiger partial charge >= 0.3 is 5.97 Å². The maximum atomic E-state index is 11.0. The summed E-state index contributed by atoms with van der Waals surface area (Å²) in [5, 5.41) is 9.01. The molecule has 1 aliphatic rings. The number of rotatable bonds is 2. The Morgan fingerprint density at radius 3 is 2.88 bits per heavy atom.